The van der Waals surface area contributed by atoms with Gasteiger partial charge in [-0.15, -0.1) is 0 Å². The van der Waals surface area contributed by atoms with E-state index in [1.807, 2.05) is 6.92 Å². The first-order valence-corrected chi connectivity index (χ1v) is 10.8. The summed E-state index contributed by atoms with van der Waals surface area (Å²) in [6, 6.07) is 6.33. The number of sulfonamides is 1. The van der Waals surface area contributed by atoms with Crippen LogP contribution in [0.15, 0.2) is 29.2 Å². The molecule has 1 aromatic carbocycles. The van der Waals surface area contributed by atoms with Crippen molar-refractivity contribution in [2.24, 2.45) is 0 Å². The average Bonchev–Trinajstić information content (AvgIpc) is 2.67. The first-order chi connectivity index (χ1) is 12.5. The number of nitrogens with zero attached hydrogens (tertiary/aromatic N) is 1. The maximum atomic E-state index is 12.9. The highest BCUT2D eigenvalue weighted by Crippen LogP contribution is 2.26. The van der Waals surface area contributed by atoms with E-state index in [0.717, 1.165) is 32.1 Å². The van der Waals surface area contributed by atoms with Gasteiger partial charge in [-0.1, -0.05) is 25.3 Å². The molecule has 0 heterocycles. The molecule has 0 bridgehead atoms. The standard InChI is InChI=1S/C19H30N2O4S/c1-3-25-14-8-13-20-19(22)16-9-7-12-18(15-16)26(23,24)21(2)17-10-5-4-6-11-17/h7,9,12,15,17H,3-6,8,10-11,13-14H2,1-2H3,(H,20,22). The Labute approximate surface area is 157 Å². The minimum atomic E-state index is -3.59. The fraction of sp³-hybridized carbons (Fsp3) is 0.632. The van der Waals surface area contributed by atoms with Crippen molar-refractivity contribution in [1.29, 1.82) is 0 Å². The minimum Gasteiger partial charge on any atom is -0.382 e. The molecule has 0 spiro atoms. The monoisotopic (exact) mass is 382 g/mol. The van der Waals surface area contributed by atoms with Gasteiger partial charge in [-0.3, -0.25) is 4.79 Å². The second-order valence-corrected chi connectivity index (χ2v) is 8.64. The van der Waals surface area contributed by atoms with Crippen LogP contribution >= 0.6 is 0 Å². The van der Waals surface area contributed by atoms with Gasteiger partial charge >= 0.3 is 0 Å². The van der Waals surface area contributed by atoms with Gasteiger partial charge in [0.2, 0.25) is 10.0 Å². The van der Waals surface area contributed by atoms with Gasteiger partial charge in [0.1, 0.15) is 0 Å². The van der Waals surface area contributed by atoms with Crippen molar-refractivity contribution in [3.05, 3.63) is 29.8 Å². The Morgan fingerprint density at radius 3 is 2.69 bits per heavy atom. The Morgan fingerprint density at radius 1 is 1.27 bits per heavy atom. The number of carbonyl (C=O) groups excluding carboxylic acids is 1. The van der Waals surface area contributed by atoms with Crippen LogP contribution in [-0.2, 0) is 14.8 Å². The van der Waals surface area contributed by atoms with Crippen molar-refractivity contribution in [2.75, 3.05) is 26.8 Å². The molecule has 6 nitrogen and oxygen atoms in total. The van der Waals surface area contributed by atoms with E-state index in [1.54, 1.807) is 25.2 Å². The van der Waals surface area contributed by atoms with Crippen LogP contribution in [0.4, 0.5) is 0 Å². The lowest BCUT2D eigenvalue weighted by Crippen LogP contribution is -2.38. The smallest absolute Gasteiger partial charge is 0.251 e. The Hall–Kier alpha value is -1.44. The molecule has 1 amide bonds. The van der Waals surface area contributed by atoms with E-state index in [0.29, 0.717) is 25.3 Å². The summed E-state index contributed by atoms with van der Waals surface area (Å²) in [5.41, 5.74) is 0.361. The molecule has 146 valence electrons. The van der Waals surface area contributed by atoms with Gasteiger partial charge in [0.05, 0.1) is 4.90 Å². The summed E-state index contributed by atoms with van der Waals surface area (Å²) >= 11 is 0. The van der Waals surface area contributed by atoms with E-state index in [4.69, 9.17) is 4.74 Å². The van der Waals surface area contributed by atoms with E-state index >= 15 is 0 Å². The third-order valence-electron chi connectivity index (χ3n) is 4.82. The first-order valence-electron chi connectivity index (χ1n) is 9.41. The lowest BCUT2D eigenvalue weighted by atomic mass is 9.96. The van der Waals surface area contributed by atoms with E-state index in [2.05, 4.69) is 5.32 Å². The molecule has 1 aromatic rings. The fourth-order valence-corrected chi connectivity index (χ4v) is 4.69. The molecule has 7 heteroatoms. The highest BCUT2D eigenvalue weighted by molar-refractivity contribution is 7.89. The van der Waals surface area contributed by atoms with Crippen molar-refractivity contribution in [3.8, 4) is 0 Å². The Balaban J connectivity index is 2.03. The number of hydrogen-bond acceptors (Lipinski definition) is 4. The molecule has 0 unspecified atom stereocenters. The molecule has 1 fully saturated rings. The largest absolute Gasteiger partial charge is 0.382 e. The number of ether oxygens (including phenoxy) is 1. The number of amides is 1. The minimum absolute atomic E-state index is 0.0461. The quantitative estimate of drug-likeness (QED) is 0.667. The van der Waals surface area contributed by atoms with Crippen LogP contribution in [0, 0.1) is 0 Å². The van der Waals surface area contributed by atoms with Gasteiger partial charge in [0.15, 0.2) is 0 Å². The van der Waals surface area contributed by atoms with E-state index in [-0.39, 0.29) is 16.8 Å². The van der Waals surface area contributed by atoms with E-state index in [9.17, 15) is 13.2 Å². The number of carbonyl (C=O) groups is 1. The topological polar surface area (TPSA) is 75.7 Å². The predicted molar refractivity (Wildman–Crippen MR) is 102 cm³/mol. The number of benzene rings is 1. The molecule has 0 radical (unpaired) electrons. The highest BCUT2D eigenvalue weighted by Gasteiger charge is 2.29. The molecule has 1 saturated carbocycles. The SMILES string of the molecule is CCOCCCNC(=O)c1cccc(S(=O)(=O)N(C)C2CCCCC2)c1. The Morgan fingerprint density at radius 2 is 2.00 bits per heavy atom. The lowest BCUT2D eigenvalue weighted by molar-refractivity contribution is 0.0944. The third kappa shape index (κ3) is 5.53. The first kappa shape index (κ1) is 20.9. The zero-order valence-corrected chi connectivity index (χ0v) is 16.6. The molecular weight excluding hydrogens is 352 g/mol. The summed E-state index contributed by atoms with van der Waals surface area (Å²) in [7, 11) is -1.95. The second-order valence-electron chi connectivity index (χ2n) is 6.65. The van der Waals surface area contributed by atoms with Crippen LogP contribution in [0.3, 0.4) is 0 Å². The van der Waals surface area contributed by atoms with Gasteiger partial charge < -0.3 is 10.1 Å². The molecule has 0 saturated heterocycles. The molecule has 2 rings (SSSR count). The van der Waals surface area contributed by atoms with Crippen molar-refractivity contribution >= 4 is 15.9 Å². The number of nitrogens with one attached hydrogen (secondary N) is 1. The van der Waals surface area contributed by atoms with Gasteiger partial charge in [-0.25, -0.2) is 8.42 Å². The Bertz CT molecular complexity index is 685. The summed E-state index contributed by atoms with van der Waals surface area (Å²) in [5, 5.41) is 2.80. The fourth-order valence-electron chi connectivity index (χ4n) is 3.23. The van der Waals surface area contributed by atoms with Gasteiger partial charge in [0.25, 0.3) is 5.91 Å². The van der Waals surface area contributed by atoms with Crippen LogP contribution in [-0.4, -0.2) is 51.5 Å². The summed E-state index contributed by atoms with van der Waals surface area (Å²) < 4.78 is 32.5. The van der Waals surface area contributed by atoms with Crippen molar-refractivity contribution in [1.82, 2.24) is 9.62 Å². The highest BCUT2D eigenvalue weighted by atomic mass is 32.2. The number of hydrogen-bond donors (Lipinski definition) is 1. The zero-order chi connectivity index (χ0) is 19.0. The normalized spacial score (nSPS) is 16.0. The maximum absolute atomic E-state index is 12.9. The van der Waals surface area contributed by atoms with Gasteiger partial charge in [-0.05, 0) is 44.4 Å². The molecule has 1 aliphatic rings. The molecule has 26 heavy (non-hydrogen) atoms. The lowest BCUT2D eigenvalue weighted by Gasteiger charge is -2.30. The van der Waals surface area contributed by atoms with Crippen molar-refractivity contribution < 1.29 is 17.9 Å². The van der Waals surface area contributed by atoms with Crippen LogP contribution in [0.1, 0.15) is 55.8 Å². The molecular formula is C19H30N2O4S. The summed E-state index contributed by atoms with van der Waals surface area (Å²) in [5.74, 6) is -0.265. The number of rotatable bonds is 9. The van der Waals surface area contributed by atoms with E-state index in [1.165, 1.54) is 16.8 Å². The molecule has 0 atom stereocenters. The van der Waals surface area contributed by atoms with Crippen molar-refractivity contribution in [3.63, 3.8) is 0 Å². The Kier molecular flexibility index (Phi) is 8.06. The summed E-state index contributed by atoms with van der Waals surface area (Å²) in [6.45, 7) is 3.67. The zero-order valence-electron chi connectivity index (χ0n) is 15.7. The van der Waals surface area contributed by atoms with Crippen LogP contribution in [0.5, 0.6) is 0 Å². The van der Waals surface area contributed by atoms with E-state index < -0.39 is 10.0 Å². The van der Waals surface area contributed by atoms with Gasteiger partial charge in [0, 0.05) is 38.4 Å². The van der Waals surface area contributed by atoms with Crippen LogP contribution in [0.2, 0.25) is 0 Å². The van der Waals surface area contributed by atoms with Crippen LogP contribution in [0.25, 0.3) is 0 Å². The molecule has 1 N–H and O–H groups in total. The molecule has 0 aromatic heterocycles. The third-order valence-corrected chi connectivity index (χ3v) is 6.72. The predicted octanol–water partition coefficient (Wildman–Crippen LogP) is 2.80. The van der Waals surface area contributed by atoms with Crippen molar-refractivity contribution in [2.45, 2.75) is 56.4 Å². The average molecular weight is 383 g/mol. The summed E-state index contributed by atoms with van der Waals surface area (Å²) in [6.07, 6.45) is 5.82. The van der Waals surface area contributed by atoms with Crippen LogP contribution < -0.4 is 5.32 Å². The summed E-state index contributed by atoms with van der Waals surface area (Å²) in [4.78, 5) is 12.4. The molecule has 0 aliphatic heterocycles. The van der Waals surface area contributed by atoms with Gasteiger partial charge in [-0.2, -0.15) is 4.31 Å². The second kappa shape index (κ2) is 10.0. The molecule has 1 aliphatic carbocycles. The maximum Gasteiger partial charge on any atom is 0.251 e.